The Hall–Kier alpha value is -2.29. The maximum absolute atomic E-state index is 5.58. The molecule has 1 N–H and O–H groups in total. The number of aromatic nitrogens is 1. The second-order valence-electron chi connectivity index (χ2n) is 5.27. The predicted molar refractivity (Wildman–Crippen MR) is 86.6 cm³/mol. The Morgan fingerprint density at radius 3 is 2.81 bits per heavy atom. The average molecular weight is 280 g/mol. The number of fused-ring (bicyclic) bond motifs is 1. The van der Waals surface area contributed by atoms with Gasteiger partial charge >= 0.3 is 0 Å². The van der Waals surface area contributed by atoms with Crippen molar-refractivity contribution in [3.8, 4) is 0 Å². The topological polar surface area (TPSA) is 38.1 Å². The van der Waals surface area contributed by atoms with Crippen molar-refractivity contribution >= 4 is 16.6 Å². The van der Waals surface area contributed by atoms with E-state index >= 15 is 0 Å². The molecule has 3 nitrogen and oxygen atoms in total. The molecule has 0 unspecified atom stereocenters. The summed E-state index contributed by atoms with van der Waals surface area (Å²) in [4.78, 5) is 4.38. The zero-order valence-electron chi connectivity index (χ0n) is 12.3. The van der Waals surface area contributed by atoms with Crippen molar-refractivity contribution in [1.29, 1.82) is 0 Å². The molecule has 0 aliphatic carbocycles. The number of aryl methyl sites for hydroxylation is 2. The highest BCUT2D eigenvalue weighted by Crippen LogP contribution is 2.20. The van der Waals surface area contributed by atoms with Gasteiger partial charge in [0.1, 0.15) is 11.5 Å². The summed E-state index contributed by atoms with van der Waals surface area (Å²) in [5.41, 5.74) is 2.20. The maximum atomic E-state index is 5.58. The van der Waals surface area contributed by atoms with Crippen LogP contribution >= 0.6 is 0 Å². The zero-order chi connectivity index (χ0) is 14.5. The first-order valence-electron chi connectivity index (χ1n) is 7.46. The number of benzene rings is 1. The van der Waals surface area contributed by atoms with E-state index in [0.29, 0.717) is 0 Å². The third-order valence-electron chi connectivity index (χ3n) is 3.61. The molecular formula is C18H20N2O. The second-order valence-corrected chi connectivity index (χ2v) is 5.27. The Labute approximate surface area is 125 Å². The van der Waals surface area contributed by atoms with Crippen molar-refractivity contribution in [3.63, 3.8) is 0 Å². The molecule has 0 aliphatic heterocycles. The molecule has 3 rings (SSSR count). The van der Waals surface area contributed by atoms with E-state index in [1.165, 1.54) is 5.39 Å². The fourth-order valence-electron chi connectivity index (χ4n) is 2.52. The molecule has 3 heteroatoms. The van der Waals surface area contributed by atoms with Gasteiger partial charge in [0.15, 0.2) is 0 Å². The summed E-state index contributed by atoms with van der Waals surface area (Å²) in [6, 6.07) is 14.4. The lowest BCUT2D eigenvalue weighted by Gasteiger charge is -2.08. The highest BCUT2D eigenvalue weighted by molar-refractivity contribution is 5.90. The van der Waals surface area contributed by atoms with E-state index in [9.17, 15) is 0 Å². The lowest BCUT2D eigenvalue weighted by Crippen LogP contribution is -2.02. The van der Waals surface area contributed by atoms with Gasteiger partial charge in [-0.1, -0.05) is 18.2 Å². The van der Waals surface area contributed by atoms with E-state index in [2.05, 4.69) is 28.5 Å². The van der Waals surface area contributed by atoms with Crippen LogP contribution in [0.4, 0.5) is 5.69 Å². The summed E-state index contributed by atoms with van der Waals surface area (Å²) in [7, 11) is 0. The number of hydrogen-bond donors (Lipinski definition) is 1. The highest BCUT2D eigenvalue weighted by atomic mass is 16.3. The quantitative estimate of drug-likeness (QED) is 0.672. The fraction of sp³-hybridized carbons (Fsp3) is 0.278. The van der Waals surface area contributed by atoms with Crippen LogP contribution in [0.25, 0.3) is 10.9 Å². The van der Waals surface area contributed by atoms with Crippen molar-refractivity contribution in [1.82, 2.24) is 4.98 Å². The van der Waals surface area contributed by atoms with E-state index in [1.807, 2.05) is 37.4 Å². The number of para-hydroxylation sites is 1. The molecule has 0 saturated heterocycles. The summed E-state index contributed by atoms with van der Waals surface area (Å²) in [6.07, 6.45) is 5.11. The van der Waals surface area contributed by atoms with E-state index in [-0.39, 0.29) is 0 Å². The number of unbranched alkanes of at least 4 members (excludes halogenated alkanes) is 1. The number of rotatable bonds is 6. The molecule has 21 heavy (non-hydrogen) atoms. The Morgan fingerprint density at radius 1 is 1.05 bits per heavy atom. The minimum absolute atomic E-state index is 0.966. The van der Waals surface area contributed by atoms with Crippen LogP contribution in [0.1, 0.15) is 24.4 Å². The number of furan rings is 1. The van der Waals surface area contributed by atoms with Gasteiger partial charge in [0.25, 0.3) is 0 Å². The Bertz CT molecular complexity index is 713. The summed E-state index contributed by atoms with van der Waals surface area (Å²) in [5, 5.41) is 4.69. The van der Waals surface area contributed by atoms with Gasteiger partial charge in [-0.2, -0.15) is 0 Å². The zero-order valence-corrected chi connectivity index (χ0v) is 12.3. The number of nitrogens with zero attached hydrogens (tertiary/aromatic N) is 1. The molecule has 0 bridgehead atoms. The third kappa shape index (κ3) is 3.43. The van der Waals surface area contributed by atoms with Crippen LogP contribution in [0.5, 0.6) is 0 Å². The molecule has 0 aliphatic rings. The lowest BCUT2D eigenvalue weighted by atomic mass is 10.1. The van der Waals surface area contributed by atoms with Crippen LogP contribution in [0.15, 0.2) is 53.1 Å². The molecule has 1 aromatic carbocycles. The molecular weight excluding hydrogens is 260 g/mol. The van der Waals surface area contributed by atoms with E-state index in [1.54, 1.807) is 0 Å². The molecule has 0 amide bonds. The van der Waals surface area contributed by atoms with Crippen LogP contribution in [-0.4, -0.2) is 11.5 Å². The number of nitrogens with one attached hydrogen (secondary N) is 1. The molecule has 0 saturated carbocycles. The SMILES string of the molecule is Cc1ccc(CCCCNc2ccnc3ccccc23)o1. The standard InChI is InChI=1S/C18H20N2O/c1-14-9-10-15(21-14)6-4-5-12-19-18-11-13-20-17-8-3-2-7-16(17)18/h2-3,7-11,13H,4-6,12H2,1H3,(H,19,20). The molecule has 0 radical (unpaired) electrons. The van der Waals surface area contributed by atoms with Gasteiger partial charge < -0.3 is 9.73 Å². The molecule has 2 heterocycles. The van der Waals surface area contributed by atoms with Gasteiger partial charge in [0.05, 0.1) is 5.52 Å². The summed E-state index contributed by atoms with van der Waals surface area (Å²) in [6.45, 7) is 2.95. The van der Waals surface area contributed by atoms with Crippen LogP contribution in [-0.2, 0) is 6.42 Å². The average Bonchev–Trinajstić information content (AvgIpc) is 2.92. The largest absolute Gasteiger partial charge is 0.466 e. The molecule has 2 aromatic heterocycles. The molecule has 0 atom stereocenters. The first kappa shape index (κ1) is 13.7. The van der Waals surface area contributed by atoms with Crippen LogP contribution < -0.4 is 5.32 Å². The van der Waals surface area contributed by atoms with Gasteiger partial charge in [0.2, 0.25) is 0 Å². The summed E-state index contributed by atoms with van der Waals surface area (Å²) in [5.74, 6) is 2.08. The minimum atomic E-state index is 0.966. The number of anilines is 1. The monoisotopic (exact) mass is 280 g/mol. The van der Waals surface area contributed by atoms with E-state index < -0.39 is 0 Å². The summed E-state index contributed by atoms with van der Waals surface area (Å²) >= 11 is 0. The fourth-order valence-corrected chi connectivity index (χ4v) is 2.52. The van der Waals surface area contributed by atoms with Crippen LogP contribution in [0, 0.1) is 6.92 Å². The Kier molecular flexibility index (Phi) is 4.20. The van der Waals surface area contributed by atoms with Gasteiger partial charge in [0, 0.05) is 30.2 Å². The van der Waals surface area contributed by atoms with Gasteiger partial charge in [-0.25, -0.2) is 0 Å². The second kappa shape index (κ2) is 6.44. The van der Waals surface area contributed by atoms with Crippen LogP contribution in [0.3, 0.4) is 0 Å². The maximum Gasteiger partial charge on any atom is 0.104 e. The third-order valence-corrected chi connectivity index (χ3v) is 3.61. The Balaban J connectivity index is 1.50. The first-order chi connectivity index (χ1) is 10.3. The summed E-state index contributed by atoms with van der Waals surface area (Å²) < 4.78 is 5.58. The van der Waals surface area contributed by atoms with Gasteiger partial charge in [-0.15, -0.1) is 0 Å². The van der Waals surface area contributed by atoms with Crippen molar-refractivity contribution < 1.29 is 4.42 Å². The van der Waals surface area contributed by atoms with Gasteiger partial charge in [-0.05, 0) is 44.0 Å². The van der Waals surface area contributed by atoms with E-state index in [0.717, 1.165) is 48.5 Å². The predicted octanol–water partition coefficient (Wildman–Crippen LogP) is 4.57. The molecule has 0 fully saturated rings. The van der Waals surface area contributed by atoms with Crippen molar-refractivity contribution in [2.75, 3.05) is 11.9 Å². The van der Waals surface area contributed by atoms with Gasteiger partial charge in [-0.3, -0.25) is 4.98 Å². The Morgan fingerprint density at radius 2 is 1.95 bits per heavy atom. The molecule has 0 spiro atoms. The van der Waals surface area contributed by atoms with Crippen molar-refractivity contribution in [2.24, 2.45) is 0 Å². The van der Waals surface area contributed by atoms with Crippen molar-refractivity contribution in [2.45, 2.75) is 26.2 Å². The molecule has 108 valence electrons. The number of pyridine rings is 1. The van der Waals surface area contributed by atoms with Crippen LogP contribution in [0.2, 0.25) is 0 Å². The van der Waals surface area contributed by atoms with Crippen molar-refractivity contribution in [3.05, 3.63) is 60.2 Å². The highest BCUT2D eigenvalue weighted by Gasteiger charge is 2.01. The molecule has 3 aromatic rings. The lowest BCUT2D eigenvalue weighted by molar-refractivity contribution is 0.475. The number of hydrogen-bond acceptors (Lipinski definition) is 3. The minimum Gasteiger partial charge on any atom is -0.466 e. The first-order valence-corrected chi connectivity index (χ1v) is 7.46. The van der Waals surface area contributed by atoms with E-state index in [4.69, 9.17) is 4.42 Å². The smallest absolute Gasteiger partial charge is 0.104 e. The normalized spacial score (nSPS) is 10.9.